The van der Waals surface area contributed by atoms with Gasteiger partial charge in [0.15, 0.2) is 6.61 Å². The van der Waals surface area contributed by atoms with E-state index < -0.39 is 5.54 Å². The fraction of sp³-hybridized carbons (Fsp3) is 0.842. The van der Waals surface area contributed by atoms with Gasteiger partial charge in [-0.15, -0.1) is 0 Å². The lowest BCUT2D eigenvalue weighted by molar-refractivity contribution is -0.165. The van der Waals surface area contributed by atoms with Crippen LogP contribution in [0.2, 0.25) is 0 Å². The van der Waals surface area contributed by atoms with Crippen LogP contribution in [0.4, 0.5) is 0 Å². The van der Waals surface area contributed by atoms with Crippen LogP contribution in [0.5, 0.6) is 0 Å². The number of carbonyl (C=O) groups is 2. The van der Waals surface area contributed by atoms with E-state index in [1.807, 2.05) is 0 Å². The monoisotopic (exact) mass is 330 g/mol. The van der Waals surface area contributed by atoms with E-state index in [9.17, 15) is 14.9 Å². The maximum absolute atomic E-state index is 12.6. The van der Waals surface area contributed by atoms with Crippen LogP contribution in [-0.2, 0) is 14.3 Å². The maximum Gasteiger partial charge on any atom is 0.310 e. The number of amides is 1. The van der Waals surface area contributed by atoms with Gasteiger partial charge < -0.3 is 10.1 Å². The molecule has 0 aromatic rings. The molecule has 0 aromatic heterocycles. The highest BCUT2D eigenvalue weighted by Crippen LogP contribution is 2.56. The number of nitriles is 1. The molecule has 5 nitrogen and oxygen atoms in total. The summed E-state index contributed by atoms with van der Waals surface area (Å²) in [5, 5.41) is 12.0. The van der Waals surface area contributed by atoms with Crippen LogP contribution in [0.3, 0.4) is 0 Å². The average Bonchev–Trinajstić information content (AvgIpc) is 3.37. The first-order valence-electron chi connectivity index (χ1n) is 9.37. The lowest BCUT2D eigenvalue weighted by Gasteiger charge is -2.53. The minimum Gasteiger partial charge on any atom is -0.455 e. The second kappa shape index (κ2) is 5.75. The van der Waals surface area contributed by atoms with E-state index in [-0.39, 0.29) is 30.3 Å². The van der Waals surface area contributed by atoms with Gasteiger partial charge in [-0.1, -0.05) is 0 Å². The van der Waals surface area contributed by atoms with Crippen LogP contribution >= 0.6 is 0 Å². The normalized spacial score (nSPS) is 38.9. The molecule has 5 aliphatic rings. The predicted octanol–water partition coefficient (Wildman–Crippen LogP) is 2.41. The van der Waals surface area contributed by atoms with Crippen molar-refractivity contribution >= 4 is 11.9 Å². The molecule has 24 heavy (non-hydrogen) atoms. The average molecular weight is 330 g/mol. The van der Waals surface area contributed by atoms with Gasteiger partial charge in [-0.3, -0.25) is 9.59 Å². The van der Waals surface area contributed by atoms with E-state index in [4.69, 9.17) is 4.74 Å². The van der Waals surface area contributed by atoms with E-state index in [1.165, 1.54) is 6.42 Å². The molecule has 5 heteroatoms. The summed E-state index contributed by atoms with van der Waals surface area (Å²) in [6.45, 7) is 1.49. The molecule has 0 aromatic carbocycles. The minimum atomic E-state index is -0.827. The van der Waals surface area contributed by atoms with Crippen LogP contribution in [0.15, 0.2) is 0 Å². The Kier molecular flexibility index (Phi) is 3.82. The first kappa shape index (κ1) is 15.9. The van der Waals surface area contributed by atoms with Gasteiger partial charge in [-0.2, -0.15) is 5.26 Å². The quantitative estimate of drug-likeness (QED) is 0.785. The molecule has 5 aliphatic carbocycles. The number of hydrogen-bond acceptors (Lipinski definition) is 4. The molecular formula is C19H26N2O3. The highest BCUT2D eigenvalue weighted by molar-refractivity contribution is 5.82. The molecule has 0 aliphatic heterocycles. The molecule has 0 unspecified atom stereocenters. The highest BCUT2D eigenvalue weighted by atomic mass is 16.5. The van der Waals surface area contributed by atoms with Crippen molar-refractivity contribution in [1.82, 2.24) is 5.32 Å². The Hall–Kier alpha value is -1.57. The molecule has 0 radical (unpaired) electrons. The Morgan fingerprint density at radius 1 is 1.12 bits per heavy atom. The van der Waals surface area contributed by atoms with E-state index in [0.29, 0.717) is 11.8 Å². The van der Waals surface area contributed by atoms with Crippen LogP contribution in [0.1, 0.15) is 51.9 Å². The van der Waals surface area contributed by atoms with Crippen molar-refractivity contribution in [3.8, 4) is 6.07 Å². The largest absolute Gasteiger partial charge is 0.455 e. The van der Waals surface area contributed by atoms with Crippen LogP contribution < -0.4 is 5.32 Å². The van der Waals surface area contributed by atoms with Gasteiger partial charge in [-0.05, 0) is 81.5 Å². The van der Waals surface area contributed by atoms with Crippen molar-refractivity contribution in [3.05, 3.63) is 0 Å². The van der Waals surface area contributed by atoms with Gasteiger partial charge >= 0.3 is 5.97 Å². The molecule has 5 fully saturated rings. The Bertz CT molecular complexity index is 564. The summed E-state index contributed by atoms with van der Waals surface area (Å²) in [4.78, 5) is 24.7. The van der Waals surface area contributed by atoms with E-state index in [1.54, 1.807) is 6.92 Å². The number of esters is 1. The zero-order valence-corrected chi connectivity index (χ0v) is 14.3. The number of nitrogens with one attached hydrogen (secondary N) is 1. The molecule has 1 atom stereocenters. The van der Waals surface area contributed by atoms with Gasteiger partial charge in [0, 0.05) is 0 Å². The molecule has 1 amide bonds. The third-order valence-corrected chi connectivity index (χ3v) is 6.87. The van der Waals surface area contributed by atoms with Crippen LogP contribution in [-0.4, -0.2) is 24.0 Å². The summed E-state index contributed by atoms with van der Waals surface area (Å²) in [6.07, 6.45) is 7.93. The van der Waals surface area contributed by atoms with Crippen LogP contribution in [0.25, 0.3) is 0 Å². The Balaban J connectivity index is 1.31. The second-order valence-electron chi connectivity index (χ2n) is 8.70. The molecule has 4 bridgehead atoms. The maximum atomic E-state index is 12.6. The zero-order chi connectivity index (χ0) is 16.9. The third-order valence-electron chi connectivity index (χ3n) is 6.87. The number of rotatable bonds is 5. The van der Waals surface area contributed by atoms with Crippen molar-refractivity contribution in [3.63, 3.8) is 0 Å². The van der Waals surface area contributed by atoms with Gasteiger partial charge in [0.2, 0.25) is 0 Å². The van der Waals surface area contributed by atoms with E-state index in [2.05, 4.69) is 11.4 Å². The van der Waals surface area contributed by atoms with Gasteiger partial charge in [0.25, 0.3) is 5.91 Å². The van der Waals surface area contributed by atoms with E-state index in [0.717, 1.165) is 50.4 Å². The van der Waals surface area contributed by atoms with Crippen molar-refractivity contribution < 1.29 is 14.3 Å². The Labute approximate surface area is 143 Å². The molecule has 1 N–H and O–H groups in total. The molecular weight excluding hydrogens is 304 g/mol. The molecule has 130 valence electrons. The zero-order valence-electron chi connectivity index (χ0n) is 14.3. The van der Waals surface area contributed by atoms with Crippen molar-refractivity contribution in [2.75, 3.05) is 6.61 Å². The first-order chi connectivity index (χ1) is 11.5. The summed E-state index contributed by atoms with van der Waals surface area (Å²) >= 11 is 0. The number of nitrogens with zero attached hydrogens (tertiary/aromatic N) is 1. The lowest BCUT2D eigenvalue weighted by Crippen LogP contribution is -2.50. The van der Waals surface area contributed by atoms with Crippen LogP contribution in [0, 0.1) is 46.8 Å². The number of carbonyl (C=O) groups excluding carboxylic acids is 2. The van der Waals surface area contributed by atoms with Gasteiger partial charge in [0.05, 0.1) is 12.0 Å². The second-order valence-corrected chi connectivity index (χ2v) is 8.70. The summed E-state index contributed by atoms with van der Waals surface area (Å²) in [5.41, 5.74) is -0.827. The smallest absolute Gasteiger partial charge is 0.310 e. The summed E-state index contributed by atoms with van der Waals surface area (Å²) in [5.74, 6) is 2.24. The van der Waals surface area contributed by atoms with E-state index >= 15 is 0 Å². The number of hydrogen-bond donors (Lipinski definition) is 1. The molecule has 0 heterocycles. The minimum absolute atomic E-state index is 0.00335. The topological polar surface area (TPSA) is 79.2 Å². The fourth-order valence-electron chi connectivity index (χ4n) is 5.75. The van der Waals surface area contributed by atoms with Crippen molar-refractivity contribution in [2.45, 2.75) is 57.4 Å². The lowest BCUT2D eigenvalue weighted by atomic mass is 9.52. The van der Waals surface area contributed by atoms with Crippen molar-refractivity contribution in [2.24, 2.45) is 35.5 Å². The number of ether oxygens (including phenoxy) is 1. The Morgan fingerprint density at radius 2 is 1.71 bits per heavy atom. The summed E-state index contributed by atoms with van der Waals surface area (Å²) in [7, 11) is 0. The molecule has 5 saturated carbocycles. The molecule has 0 saturated heterocycles. The molecule has 5 rings (SSSR count). The standard InChI is InChI=1S/C19H26N2O3/c1-19(10-20,15-2-3-15)21-16(22)9-24-18(23)17-13-5-11-4-12(7-13)8-14(17)6-11/h11-15,17H,2-9H2,1H3,(H,21,22)/t11?,12?,13?,14?,17?,19-/m1/s1. The Morgan fingerprint density at radius 3 is 2.21 bits per heavy atom. The summed E-state index contributed by atoms with van der Waals surface area (Å²) in [6, 6.07) is 2.19. The third kappa shape index (κ3) is 2.81. The SMILES string of the molecule is C[C@](C#N)(NC(=O)COC(=O)C1C2CC3CC(C2)CC1C3)C1CC1. The summed E-state index contributed by atoms with van der Waals surface area (Å²) < 4.78 is 5.36. The van der Waals surface area contributed by atoms with Gasteiger partial charge in [0.1, 0.15) is 5.54 Å². The predicted molar refractivity (Wildman–Crippen MR) is 86.4 cm³/mol. The van der Waals surface area contributed by atoms with Crippen molar-refractivity contribution in [1.29, 1.82) is 5.26 Å². The molecule has 0 spiro atoms. The highest BCUT2D eigenvalue weighted by Gasteiger charge is 2.51. The van der Waals surface area contributed by atoms with Gasteiger partial charge in [-0.25, -0.2) is 0 Å². The fourth-order valence-corrected chi connectivity index (χ4v) is 5.75. The first-order valence-corrected chi connectivity index (χ1v) is 9.37.